The zero-order valence-corrected chi connectivity index (χ0v) is 20.0. The van der Waals surface area contributed by atoms with Gasteiger partial charge in [-0.1, -0.05) is 60.8 Å². The van der Waals surface area contributed by atoms with Crippen LogP contribution < -0.4 is 0 Å². The smallest absolute Gasteiger partial charge is 0.262 e. The molecule has 0 spiro atoms. The number of carbonyl (C=O) groups excluding carboxylic acids is 2. The Morgan fingerprint density at radius 3 is 2.56 bits per heavy atom. The molecule has 0 N–H and O–H groups in total. The van der Waals surface area contributed by atoms with Gasteiger partial charge in [-0.15, -0.1) is 0 Å². The minimum Gasteiger partial charge on any atom is -0.383 e. The summed E-state index contributed by atoms with van der Waals surface area (Å²) in [7, 11) is 1.56. The van der Waals surface area contributed by atoms with Crippen LogP contribution in [-0.2, 0) is 14.3 Å². The second-order valence-corrected chi connectivity index (χ2v) is 9.15. The molecule has 0 aromatic heterocycles. The van der Waals surface area contributed by atoms with Crippen molar-refractivity contribution >= 4 is 29.1 Å². The maximum absolute atomic E-state index is 14.8. The predicted octanol–water partition coefficient (Wildman–Crippen LogP) is 4.82. The Morgan fingerprint density at radius 1 is 1.15 bits per heavy atom. The third-order valence-electron chi connectivity index (χ3n) is 6.52. The van der Waals surface area contributed by atoms with Gasteiger partial charge in [0.1, 0.15) is 12.4 Å². The number of hydrogen-bond donors (Lipinski definition) is 0. The average molecular weight is 486 g/mol. The van der Waals surface area contributed by atoms with E-state index >= 15 is 0 Å². The number of methoxy groups -OCH3 is 1. The summed E-state index contributed by atoms with van der Waals surface area (Å²) in [6.07, 6.45) is 4.05. The third-order valence-corrected chi connectivity index (χ3v) is 6.85. The Bertz CT molecular complexity index is 1070. The number of benzene rings is 2. The minimum absolute atomic E-state index is 0.0279. The average Bonchev–Trinajstić information content (AvgIpc) is 3.52. The highest BCUT2D eigenvalue weighted by Crippen LogP contribution is 2.36. The van der Waals surface area contributed by atoms with E-state index in [-0.39, 0.29) is 24.3 Å². The largest absolute Gasteiger partial charge is 0.383 e. The van der Waals surface area contributed by atoms with Gasteiger partial charge < -0.3 is 9.64 Å². The van der Waals surface area contributed by atoms with Crippen molar-refractivity contribution in [3.8, 4) is 0 Å². The predicted molar refractivity (Wildman–Crippen MR) is 129 cm³/mol. The molecule has 180 valence electrons. The number of hydrazone groups is 1. The van der Waals surface area contributed by atoms with E-state index in [1.165, 1.54) is 11.1 Å². The SMILES string of the molecule is COCCN(CC(=O)N1N=C(c2ccccc2Cl)CC1c1ccccc1F)C(=O)C1CCCC1. The topological polar surface area (TPSA) is 62.2 Å². The number of carbonyl (C=O) groups is 2. The molecular formula is C26H29ClFN3O3. The van der Waals surface area contributed by atoms with Crippen LogP contribution in [0.1, 0.15) is 49.3 Å². The van der Waals surface area contributed by atoms with Crippen molar-refractivity contribution in [1.29, 1.82) is 0 Å². The normalized spacial score (nSPS) is 18.3. The van der Waals surface area contributed by atoms with E-state index < -0.39 is 11.9 Å². The molecule has 2 aromatic carbocycles. The molecule has 6 nitrogen and oxygen atoms in total. The summed E-state index contributed by atoms with van der Waals surface area (Å²) in [4.78, 5) is 28.2. The summed E-state index contributed by atoms with van der Waals surface area (Å²) in [6, 6.07) is 13.0. The van der Waals surface area contributed by atoms with Crippen molar-refractivity contribution in [3.05, 3.63) is 70.5 Å². The maximum atomic E-state index is 14.8. The fourth-order valence-corrected chi connectivity index (χ4v) is 4.97. The van der Waals surface area contributed by atoms with Crippen molar-refractivity contribution in [2.24, 2.45) is 11.0 Å². The third kappa shape index (κ3) is 5.31. The van der Waals surface area contributed by atoms with Gasteiger partial charge in [0, 0.05) is 42.1 Å². The van der Waals surface area contributed by atoms with Gasteiger partial charge in [0.25, 0.3) is 5.91 Å². The molecule has 1 unspecified atom stereocenters. The molecule has 2 amide bonds. The van der Waals surface area contributed by atoms with Crippen molar-refractivity contribution in [2.45, 2.75) is 38.1 Å². The van der Waals surface area contributed by atoms with Gasteiger partial charge in [-0.2, -0.15) is 5.10 Å². The molecule has 8 heteroatoms. The van der Waals surface area contributed by atoms with Crippen LogP contribution in [0.15, 0.2) is 53.6 Å². The molecule has 1 saturated carbocycles. The minimum atomic E-state index is -0.620. The lowest BCUT2D eigenvalue weighted by molar-refractivity contribution is -0.144. The van der Waals surface area contributed by atoms with Crippen molar-refractivity contribution in [2.75, 3.05) is 26.8 Å². The molecule has 1 fully saturated rings. The molecule has 34 heavy (non-hydrogen) atoms. The fourth-order valence-electron chi connectivity index (χ4n) is 4.72. The summed E-state index contributed by atoms with van der Waals surface area (Å²) in [6.45, 7) is 0.510. The monoisotopic (exact) mass is 485 g/mol. The molecule has 2 aromatic rings. The summed E-state index contributed by atoms with van der Waals surface area (Å²) in [5.74, 6) is -0.857. The van der Waals surface area contributed by atoms with E-state index in [4.69, 9.17) is 16.3 Å². The first kappa shape index (κ1) is 24.4. The lowest BCUT2D eigenvalue weighted by atomic mass is 9.98. The zero-order chi connectivity index (χ0) is 24.1. The Hall–Kier alpha value is -2.77. The first-order valence-electron chi connectivity index (χ1n) is 11.7. The maximum Gasteiger partial charge on any atom is 0.262 e. The van der Waals surface area contributed by atoms with Crippen LogP contribution in [0.4, 0.5) is 4.39 Å². The van der Waals surface area contributed by atoms with Crippen molar-refractivity contribution in [3.63, 3.8) is 0 Å². The highest BCUT2D eigenvalue weighted by atomic mass is 35.5. The first-order chi connectivity index (χ1) is 16.5. The van der Waals surface area contributed by atoms with Crippen LogP contribution in [-0.4, -0.2) is 54.2 Å². The fraction of sp³-hybridized carbons (Fsp3) is 0.423. The van der Waals surface area contributed by atoms with Gasteiger partial charge >= 0.3 is 0 Å². The van der Waals surface area contributed by atoms with E-state index in [1.807, 2.05) is 18.2 Å². The Kier molecular flexibility index (Phi) is 7.95. The molecule has 0 bridgehead atoms. The first-order valence-corrected chi connectivity index (χ1v) is 12.0. The van der Waals surface area contributed by atoms with Crippen molar-refractivity contribution in [1.82, 2.24) is 9.91 Å². The summed E-state index contributed by atoms with van der Waals surface area (Å²) >= 11 is 6.39. The highest BCUT2D eigenvalue weighted by Gasteiger charge is 2.37. The molecule has 1 heterocycles. The van der Waals surface area contributed by atoms with Gasteiger partial charge in [-0.05, 0) is 25.0 Å². The van der Waals surface area contributed by atoms with E-state index in [9.17, 15) is 14.0 Å². The Labute approximate surface area is 204 Å². The summed E-state index contributed by atoms with van der Waals surface area (Å²) in [5.41, 5.74) is 1.70. The van der Waals surface area contributed by atoms with Crippen molar-refractivity contribution < 1.29 is 18.7 Å². The van der Waals surface area contributed by atoms with E-state index in [1.54, 1.807) is 36.3 Å². The molecule has 1 atom stereocenters. The van der Waals surface area contributed by atoms with Crippen LogP contribution in [0, 0.1) is 11.7 Å². The molecule has 1 aliphatic carbocycles. The van der Waals surface area contributed by atoms with Crippen LogP contribution in [0.25, 0.3) is 0 Å². The van der Waals surface area contributed by atoms with Gasteiger partial charge in [0.2, 0.25) is 5.91 Å². The van der Waals surface area contributed by atoms with E-state index in [2.05, 4.69) is 5.10 Å². The van der Waals surface area contributed by atoms with Gasteiger partial charge in [0.05, 0.1) is 18.4 Å². The second-order valence-electron chi connectivity index (χ2n) is 8.74. The van der Waals surface area contributed by atoms with Gasteiger partial charge in [-0.3, -0.25) is 9.59 Å². The number of rotatable bonds is 8. The van der Waals surface area contributed by atoms with Gasteiger partial charge in [-0.25, -0.2) is 9.40 Å². The van der Waals surface area contributed by atoms with E-state index in [0.717, 1.165) is 25.7 Å². The number of halogens is 2. The summed E-state index contributed by atoms with van der Waals surface area (Å²) in [5, 5.41) is 6.42. The molecule has 1 aliphatic heterocycles. The molecule has 0 saturated heterocycles. The lowest BCUT2D eigenvalue weighted by Crippen LogP contribution is -2.44. The zero-order valence-electron chi connectivity index (χ0n) is 19.3. The molecule has 2 aliphatic rings. The Balaban J connectivity index is 1.62. The number of amides is 2. The van der Waals surface area contributed by atoms with Crippen LogP contribution in [0.2, 0.25) is 5.02 Å². The quantitative estimate of drug-likeness (QED) is 0.538. The second kappa shape index (κ2) is 11.1. The lowest BCUT2D eigenvalue weighted by Gasteiger charge is -2.28. The van der Waals surface area contributed by atoms with Crippen LogP contribution >= 0.6 is 11.6 Å². The molecular weight excluding hydrogens is 457 g/mol. The standard InChI is InChI=1S/C26H29ClFN3O3/c1-34-15-14-30(26(33)18-8-2-3-9-18)17-25(32)31-24(20-11-5-7-13-22(20)28)16-23(29-31)19-10-4-6-12-21(19)27/h4-7,10-13,18,24H,2-3,8-9,14-17H2,1H3. The summed E-state index contributed by atoms with van der Waals surface area (Å²) < 4.78 is 19.9. The molecule has 4 rings (SSSR count). The van der Waals surface area contributed by atoms with Gasteiger partial charge in [0.15, 0.2) is 0 Å². The molecule has 0 radical (unpaired) electrons. The van der Waals surface area contributed by atoms with Crippen LogP contribution in [0.3, 0.4) is 0 Å². The Morgan fingerprint density at radius 2 is 1.85 bits per heavy atom. The van der Waals surface area contributed by atoms with E-state index in [0.29, 0.717) is 41.4 Å². The number of hydrogen-bond acceptors (Lipinski definition) is 4. The van der Waals surface area contributed by atoms with Crippen LogP contribution in [0.5, 0.6) is 0 Å². The number of nitrogens with zero attached hydrogens (tertiary/aromatic N) is 3. The highest BCUT2D eigenvalue weighted by molar-refractivity contribution is 6.34. The number of ether oxygens (including phenoxy) is 1.